The van der Waals surface area contributed by atoms with E-state index >= 15 is 0 Å². The highest BCUT2D eigenvalue weighted by Gasteiger charge is 2.23. The molecule has 0 radical (unpaired) electrons. The molecule has 1 fully saturated rings. The summed E-state index contributed by atoms with van der Waals surface area (Å²) in [5.74, 6) is 4.30. The monoisotopic (exact) mass is 1280 g/mol. The number of H-pyrrole nitrogens is 1. The van der Waals surface area contributed by atoms with E-state index in [9.17, 15) is 33.1 Å². The minimum absolute atomic E-state index is 0.0461. The van der Waals surface area contributed by atoms with Gasteiger partial charge in [0.1, 0.15) is 23.3 Å². The van der Waals surface area contributed by atoms with Crippen molar-refractivity contribution in [2.45, 2.75) is 84.4 Å². The van der Waals surface area contributed by atoms with E-state index in [1.165, 1.54) is 23.9 Å². The van der Waals surface area contributed by atoms with Crippen molar-refractivity contribution < 1.29 is 56.7 Å². The molecule has 2 amide bonds. The SMILES string of the molecule is C=C1CC(/C=C\C(=C/C)c2ccc(N3CCC/C(=C/CCOCCN=CC(COCCOCCOCCOCCNC(=O)CC[C@H](NC(=O)c4ccc(NCc5cnc6nc(N)[nH]c(=O)c6n5)cc4)C(=O)O)=NN)CC3)nc2)=NC(C)=C1Cc1ccccc1OC(F)F. The molecule has 0 spiro atoms. The second-order valence-electron chi connectivity index (χ2n) is 21.4. The molecule has 27 heteroatoms. The van der Waals surface area contributed by atoms with Crippen molar-refractivity contribution in [2.75, 3.05) is 108 Å². The average molecular weight is 1290 g/mol. The molecule has 1 atom stereocenters. The van der Waals surface area contributed by atoms with Crippen LogP contribution >= 0.6 is 0 Å². The lowest BCUT2D eigenvalue weighted by Gasteiger charge is -2.21. The van der Waals surface area contributed by atoms with Crippen LogP contribution in [0.4, 0.5) is 26.2 Å². The summed E-state index contributed by atoms with van der Waals surface area (Å²) in [7, 11) is 0. The topological polar surface area (TPSA) is 340 Å². The molecule has 2 aliphatic heterocycles. The Labute approximate surface area is 538 Å². The van der Waals surface area contributed by atoms with Crippen LogP contribution in [0.25, 0.3) is 16.7 Å². The summed E-state index contributed by atoms with van der Waals surface area (Å²) in [6, 6.07) is 16.0. The number of rotatable bonds is 38. The fourth-order valence-electron chi connectivity index (χ4n) is 9.83. The Kier molecular flexibility index (Phi) is 29.4. The Balaban J connectivity index is 0.655. The quantitative estimate of drug-likeness (QED) is 0.00507. The van der Waals surface area contributed by atoms with Crippen molar-refractivity contribution in [3.8, 4) is 5.75 Å². The summed E-state index contributed by atoms with van der Waals surface area (Å²) in [5, 5.41) is 21.7. The van der Waals surface area contributed by atoms with Gasteiger partial charge in [-0.05, 0) is 122 Å². The van der Waals surface area contributed by atoms with E-state index in [-0.39, 0.29) is 74.2 Å². The van der Waals surface area contributed by atoms with Gasteiger partial charge in [-0.15, -0.1) is 0 Å². The lowest BCUT2D eigenvalue weighted by Crippen LogP contribution is -2.41. The summed E-state index contributed by atoms with van der Waals surface area (Å²) in [4.78, 5) is 80.5. The molecule has 93 heavy (non-hydrogen) atoms. The lowest BCUT2D eigenvalue weighted by atomic mass is 9.91. The highest BCUT2D eigenvalue weighted by atomic mass is 19.3. The number of carbonyl (C=O) groups excluding carboxylic acids is 2. The first-order chi connectivity index (χ1) is 45.2. The zero-order valence-corrected chi connectivity index (χ0v) is 52.5. The van der Waals surface area contributed by atoms with Gasteiger partial charge in [-0.2, -0.15) is 18.9 Å². The number of anilines is 3. The highest BCUT2D eigenvalue weighted by Crippen LogP contribution is 2.32. The van der Waals surface area contributed by atoms with Crippen LogP contribution in [0.2, 0.25) is 0 Å². The number of allylic oxidation sites excluding steroid dienone is 7. The van der Waals surface area contributed by atoms with E-state index in [2.05, 4.69) is 75.7 Å². The Morgan fingerprint density at radius 3 is 2.35 bits per heavy atom. The van der Waals surface area contributed by atoms with Crippen LogP contribution in [0.3, 0.4) is 0 Å². The number of nitrogen functional groups attached to an aromatic ring is 1. The molecule has 1 saturated heterocycles. The van der Waals surface area contributed by atoms with Crippen LogP contribution in [-0.4, -0.2) is 170 Å². The molecule has 0 aliphatic carbocycles. The van der Waals surface area contributed by atoms with Crippen LogP contribution < -0.4 is 42.7 Å². The lowest BCUT2D eigenvalue weighted by molar-refractivity contribution is -0.139. The maximum atomic E-state index is 13.0. The number of nitrogens with one attached hydrogen (secondary N) is 4. The number of aromatic nitrogens is 5. The number of fused-ring (bicyclic) bond motifs is 1. The molecule has 5 aromatic rings. The van der Waals surface area contributed by atoms with Crippen LogP contribution in [0.1, 0.15) is 86.0 Å². The second-order valence-corrected chi connectivity index (χ2v) is 21.4. The van der Waals surface area contributed by atoms with Crippen molar-refractivity contribution in [3.05, 3.63) is 159 Å². The number of hydrogen-bond acceptors (Lipinski definition) is 21. The Morgan fingerprint density at radius 1 is 0.892 bits per heavy atom. The van der Waals surface area contributed by atoms with Crippen LogP contribution in [0.15, 0.2) is 146 Å². The number of alkyl halides is 2. The normalized spacial score (nSPS) is 14.9. The predicted molar refractivity (Wildman–Crippen MR) is 353 cm³/mol. The maximum Gasteiger partial charge on any atom is 0.387 e. The number of hydrazone groups is 1. The minimum atomic E-state index is -2.90. The van der Waals surface area contributed by atoms with Gasteiger partial charge in [0.25, 0.3) is 11.5 Å². The number of carbonyl (C=O) groups is 3. The van der Waals surface area contributed by atoms with Gasteiger partial charge in [0, 0.05) is 74.0 Å². The van der Waals surface area contributed by atoms with Crippen LogP contribution in [0, 0.1) is 0 Å². The van der Waals surface area contributed by atoms with Crippen molar-refractivity contribution in [2.24, 2.45) is 20.9 Å². The average Bonchev–Trinajstić information content (AvgIpc) is 1.13. The van der Waals surface area contributed by atoms with Gasteiger partial charge in [-0.25, -0.2) is 19.7 Å². The first-order valence-electron chi connectivity index (χ1n) is 30.7. The molecular formula is C66H82F2N14O11. The fraction of sp³-hybridized carbons (Fsp3) is 0.409. The molecule has 25 nitrogen and oxygen atoms in total. The predicted octanol–water partition coefficient (Wildman–Crippen LogP) is 7.34. The Bertz CT molecular complexity index is 3570. The number of aliphatic imine (C=N–C) groups is 2. The van der Waals surface area contributed by atoms with E-state index in [1.807, 2.05) is 38.3 Å². The minimum Gasteiger partial charge on any atom is -0.480 e. The molecule has 7 rings (SSSR count). The third kappa shape index (κ3) is 24.3. The van der Waals surface area contributed by atoms with E-state index < -0.39 is 36.0 Å². The third-order valence-electron chi connectivity index (χ3n) is 14.7. The molecule has 0 bridgehead atoms. The molecule has 2 aromatic carbocycles. The van der Waals surface area contributed by atoms with Crippen molar-refractivity contribution in [3.63, 3.8) is 0 Å². The summed E-state index contributed by atoms with van der Waals surface area (Å²) in [5.41, 5.74) is 14.6. The highest BCUT2D eigenvalue weighted by molar-refractivity contribution is 6.31. The number of carboxylic acid groups (broad SMARTS) is 1. The zero-order chi connectivity index (χ0) is 66.2. The number of nitrogens with zero attached hydrogens (tertiary/aromatic N) is 8. The Morgan fingerprint density at radius 2 is 1.63 bits per heavy atom. The molecule has 2 aliphatic rings. The van der Waals surface area contributed by atoms with Crippen molar-refractivity contribution in [1.82, 2.24) is 35.6 Å². The number of pyridine rings is 1. The van der Waals surface area contributed by atoms with Gasteiger partial charge in [-0.1, -0.05) is 48.6 Å². The molecule has 5 heterocycles. The van der Waals surface area contributed by atoms with Gasteiger partial charge >= 0.3 is 12.6 Å². The standard InChI is InChI=1S/C66H82F2N14O11/c1-4-47(13-19-52-37-44(2)55(45(3)76-52)38-49-11-5-6-12-57(49)93-65(67)68)50-16-21-58(74-39-50)82-26-7-9-46(23-27-82)10-8-28-88-29-24-71-40-54(81-70)43-92-36-35-91-34-33-90-32-31-89-30-25-72-59(83)22-20-56(64(86)87)78-62(84)48-14-17-51(18-15-48)73-41-53-42-75-61-60(77-53)63(85)80-66(69)79-61/h4-6,10-19,21,39-40,42,56,65,73H,2,7-9,20,22-38,41,43,70H2,1,3H3,(H,72,83)(H,78,84)(H,86,87)(H3,69,75,79,80,85)/b19-13-,46-10-,47-4+,71-40?,81-54?/t56-/m0/s1. The van der Waals surface area contributed by atoms with Crippen molar-refractivity contribution >= 4 is 69.6 Å². The summed E-state index contributed by atoms with van der Waals surface area (Å²) in [6.45, 7) is 11.4. The van der Waals surface area contributed by atoms with Crippen LogP contribution in [0.5, 0.6) is 5.75 Å². The number of amides is 2. The fourth-order valence-corrected chi connectivity index (χ4v) is 9.83. The van der Waals surface area contributed by atoms with Gasteiger partial charge in [-0.3, -0.25) is 29.4 Å². The number of nitrogens with two attached hydrogens (primary N) is 2. The van der Waals surface area contributed by atoms with Crippen molar-refractivity contribution in [1.29, 1.82) is 0 Å². The largest absolute Gasteiger partial charge is 0.480 e. The summed E-state index contributed by atoms with van der Waals surface area (Å²) < 4.78 is 58.8. The number of aliphatic carboxylic acids is 1. The number of ether oxygens (including phenoxy) is 6. The zero-order valence-electron chi connectivity index (χ0n) is 52.5. The third-order valence-corrected chi connectivity index (χ3v) is 14.7. The van der Waals surface area contributed by atoms with E-state index in [4.69, 9.17) is 50.0 Å². The number of hydrogen-bond donors (Lipinski definition) is 7. The number of carboxylic acids is 1. The molecule has 496 valence electrons. The maximum absolute atomic E-state index is 13.0. The summed E-state index contributed by atoms with van der Waals surface area (Å²) in [6.07, 6.45) is 17.9. The molecule has 0 unspecified atom stereocenters. The molecule has 3 aromatic heterocycles. The van der Waals surface area contributed by atoms with Gasteiger partial charge in [0.15, 0.2) is 11.2 Å². The van der Waals surface area contributed by atoms with Gasteiger partial charge in [0.05, 0.1) is 91.0 Å². The van der Waals surface area contributed by atoms with E-state index in [1.54, 1.807) is 42.6 Å². The molecule has 9 N–H and O–H groups in total. The number of para-hydroxylation sites is 1. The number of aromatic amines is 1. The first-order valence-corrected chi connectivity index (χ1v) is 30.7. The van der Waals surface area contributed by atoms with Gasteiger partial charge < -0.3 is 66.0 Å². The number of halogens is 2. The van der Waals surface area contributed by atoms with Gasteiger partial charge in [0.2, 0.25) is 11.9 Å². The second kappa shape index (κ2) is 38.4. The smallest absolute Gasteiger partial charge is 0.387 e. The number of benzene rings is 2. The van der Waals surface area contributed by atoms with E-state index in [0.717, 1.165) is 78.3 Å². The van der Waals surface area contributed by atoms with Crippen LogP contribution in [-0.2, 0) is 46.2 Å². The van der Waals surface area contributed by atoms with E-state index in [0.29, 0.717) is 88.3 Å². The molecule has 0 saturated carbocycles. The Hall–Kier alpha value is -9.41. The summed E-state index contributed by atoms with van der Waals surface area (Å²) >= 11 is 0. The first kappa shape index (κ1) is 71.0. The molecular weight excluding hydrogens is 1200 g/mol.